The Labute approximate surface area is 173 Å². The van der Waals surface area contributed by atoms with Gasteiger partial charge in [-0.1, -0.05) is 0 Å². The van der Waals surface area contributed by atoms with E-state index in [1.165, 1.54) is 18.2 Å². The fraction of sp³-hybridized carbons (Fsp3) is 0.304. The van der Waals surface area contributed by atoms with Crippen LogP contribution in [0.25, 0.3) is 10.9 Å². The van der Waals surface area contributed by atoms with Gasteiger partial charge in [-0.05, 0) is 62.2 Å². The van der Waals surface area contributed by atoms with Gasteiger partial charge in [-0.15, -0.1) is 0 Å². The molecule has 1 aliphatic rings. The standard InChI is InChI=1S/C23H22FN3O3/c1-13(2)30-23(29)26-17-9-19-18-7-14(11-25)3-5-20(18)27(21(19)10-17)12-15-8-16(24)4-6-22(15)28/h3-8,13,17,28H,9-10,12H2,1-2H3,(H,26,29)/t17-/m0/s1. The molecule has 1 aliphatic carbocycles. The maximum atomic E-state index is 13.8. The van der Waals surface area contributed by atoms with E-state index < -0.39 is 11.9 Å². The van der Waals surface area contributed by atoms with Gasteiger partial charge in [0.2, 0.25) is 0 Å². The minimum Gasteiger partial charge on any atom is -0.508 e. The van der Waals surface area contributed by atoms with Gasteiger partial charge in [0.1, 0.15) is 11.6 Å². The number of alkyl carbamates (subject to hydrolysis) is 1. The molecule has 0 radical (unpaired) electrons. The van der Waals surface area contributed by atoms with Crippen molar-refractivity contribution in [3.8, 4) is 11.8 Å². The van der Waals surface area contributed by atoms with Crippen LogP contribution < -0.4 is 5.32 Å². The van der Waals surface area contributed by atoms with Crippen LogP contribution >= 0.6 is 0 Å². The smallest absolute Gasteiger partial charge is 0.407 e. The fourth-order valence-corrected chi connectivity index (χ4v) is 4.11. The van der Waals surface area contributed by atoms with Crippen molar-refractivity contribution in [2.45, 2.75) is 45.4 Å². The molecule has 1 aromatic heterocycles. The molecule has 0 saturated carbocycles. The zero-order valence-electron chi connectivity index (χ0n) is 16.8. The molecule has 2 aromatic carbocycles. The summed E-state index contributed by atoms with van der Waals surface area (Å²) in [6, 6.07) is 11.4. The van der Waals surface area contributed by atoms with E-state index in [1.807, 2.05) is 16.7 Å². The van der Waals surface area contributed by atoms with Crippen molar-refractivity contribution in [3.05, 3.63) is 64.6 Å². The summed E-state index contributed by atoms with van der Waals surface area (Å²) in [4.78, 5) is 12.0. The Balaban J connectivity index is 1.73. The normalized spacial score (nSPS) is 15.2. The van der Waals surface area contributed by atoms with Crippen LogP contribution in [0.1, 0.15) is 36.2 Å². The minimum atomic E-state index is -0.462. The van der Waals surface area contributed by atoms with Gasteiger partial charge in [-0.2, -0.15) is 5.26 Å². The molecule has 1 amide bonds. The van der Waals surface area contributed by atoms with E-state index in [2.05, 4.69) is 11.4 Å². The average Bonchev–Trinajstić information content (AvgIpc) is 3.21. The van der Waals surface area contributed by atoms with E-state index in [1.54, 1.807) is 19.9 Å². The number of aromatic nitrogens is 1. The first kappa shape index (κ1) is 19.8. The van der Waals surface area contributed by atoms with Crippen molar-refractivity contribution < 1.29 is 19.0 Å². The highest BCUT2D eigenvalue weighted by Crippen LogP contribution is 2.35. The highest BCUT2D eigenvalue weighted by atomic mass is 19.1. The number of amides is 1. The Kier molecular flexibility index (Phi) is 5.08. The molecule has 30 heavy (non-hydrogen) atoms. The first-order valence-electron chi connectivity index (χ1n) is 9.84. The SMILES string of the molecule is CC(C)OC(=O)N[C@H]1Cc2c(n(Cc3cc(F)ccc3O)c3ccc(C#N)cc23)C1. The second-order valence-electron chi connectivity index (χ2n) is 7.83. The van der Waals surface area contributed by atoms with Crippen molar-refractivity contribution >= 4 is 17.0 Å². The Hall–Kier alpha value is -3.53. The highest BCUT2D eigenvalue weighted by molar-refractivity contribution is 5.88. The van der Waals surface area contributed by atoms with Crippen molar-refractivity contribution in [2.24, 2.45) is 0 Å². The third-order valence-corrected chi connectivity index (χ3v) is 5.34. The lowest BCUT2D eigenvalue weighted by molar-refractivity contribution is 0.112. The molecule has 154 valence electrons. The number of carbonyl (C=O) groups is 1. The lowest BCUT2D eigenvalue weighted by Gasteiger charge is -2.16. The lowest BCUT2D eigenvalue weighted by Crippen LogP contribution is -2.37. The van der Waals surface area contributed by atoms with Crippen LogP contribution in [-0.2, 0) is 24.1 Å². The van der Waals surface area contributed by atoms with Gasteiger partial charge >= 0.3 is 6.09 Å². The molecule has 7 heteroatoms. The van der Waals surface area contributed by atoms with Crippen LogP contribution in [0.15, 0.2) is 36.4 Å². The molecule has 1 heterocycles. The summed E-state index contributed by atoms with van der Waals surface area (Å²) in [6.45, 7) is 3.86. The van der Waals surface area contributed by atoms with Gasteiger partial charge in [0, 0.05) is 34.6 Å². The number of phenols is 1. The number of ether oxygens (including phenoxy) is 1. The Morgan fingerprint density at radius 1 is 1.33 bits per heavy atom. The molecular weight excluding hydrogens is 385 g/mol. The first-order valence-corrected chi connectivity index (χ1v) is 9.84. The zero-order valence-corrected chi connectivity index (χ0v) is 16.8. The highest BCUT2D eigenvalue weighted by Gasteiger charge is 2.30. The predicted molar refractivity (Wildman–Crippen MR) is 110 cm³/mol. The lowest BCUT2D eigenvalue weighted by atomic mass is 10.1. The van der Waals surface area contributed by atoms with Crippen LogP contribution in [0.5, 0.6) is 5.75 Å². The average molecular weight is 407 g/mol. The van der Waals surface area contributed by atoms with Crippen LogP contribution in [0, 0.1) is 17.1 Å². The summed E-state index contributed by atoms with van der Waals surface area (Å²) >= 11 is 0. The zero-order chi connectivity index (χ0) is 21.4. The summed E-state index contributed by atoms with van der Waals surface area (Å²) in [7, 11) is 0. The molecule has 3 aromatic rings. The van der Waals surface area contributed by atoms with Crippen LogP contribution in [0.3, 0.4) is 0 Å². The van der Waals surface area contributed by atoms with Crippen LogP contribution in [0.4, 0.5) is 9.18 Å². The van der Waals surface area contributed by atoms with Gasteiger partial charge < -0.3 is 19.7 Å². The maximum absolute atomic E-state index is 13.8. The van der Waals surface area contributed by atoms with Gasteiger partial charge in [0.15, 0.2) is 0 Å². The van der Waals surface area contributed by atoms with Gasteiger partial charge in [-0.3, -0.25) is 0 Å². The van der Waals surface area contributed by atoms with Crippen molar-refractivity contribution in [1.82, 2.24) is 9.88 Å². The molecule has 1 atom stereocenters. The first-order chi connectivity index (χ1) is 14.4. The molecule has 0 aliphatic heterocycles. The van der Waals surface area contributed by atoms with Gasteiger partial charge in [0.05, 0.1) is 24.3 Å². The molecular formula is C23H22FN3O3. The van der Waals surface area contributed by atoms with Crippen molar-refractivity contribution in [3.63, 3.8) is 0 Å². The Bertz CT molecular complexity index is 1180. The second-order valence-corrected chi connectivity index (χ2v) is 7.83. The summed E-state index contributed by atoms with van der Waals surface area (Å²) in [5.74, 6) is -0.396. The third kappa shape index (κ3) is 3.69. The van der Waals surface area contributed by atoms with E-state index in [-0.39, 0.29) is 24.4 Å². The van der Waals surface area contributed by atoms with E-state index in [9.17, 15) is 19.6 Å². The molecule has 0 bridgehead atoms. The molecule has 0 fully saturated rings. The molecule has 6 nitrogen and oxygen atoms in total. The number of aromatic hydroxyl groups is 1. The number of nitriles is 1. The predicted octanol–water partition coefficient (Wildman–Crippen LogP) is 4.01. The number of benzene rings is 2. The molecule has 0 unspecified atom stereocenters. The molecule has 0 saturated heterocycles. The summed E-state index contributed by atoms with van der Waals surface area (Å²) < 4.78 is 21.0. The van der Waals surface area contributed by atoms with E-state index in [0.29, 0.717) is 24.0 Å². The van der Waals surface area contributed by atoms with Gasteiger partial charge in [0.25, 0.3) is 0 Å². The Morgan fingerprint density at radius 2 is 2.13 bits per heavy atom. The fourth-order valence-electron chi connectivity index (χ4n) is 4.11. The molecule has 0 spiro atoms. The quantitative estimate of drug-likeness (QED) is 0.684. The van der Waals surface area contributed by atoms with E-state index in [0.717, 1.165) is 22.2 Å². The number of hydrogen-bond donors (Lipinski definition) is 2. The summed E-state index contributed by atoms with van der Waals surface area (Å²) in [6.07, 6.45) is 0.514. The second kappa shape index (κ2) is 7.71. The Morgan fingerprint density at radius 3 is 2.87 bits per heavy atom. The number of nitrogens with one attached hydrogen (secondary N) is 1. The number of halogens is 1. The number of nitrogens with zero attached hydrogens (tertiary/aromatic N) is 2. The number of hydrogen-bond acceptors (Lipinski definition) is 4. The van der Waals surface area contributed by atoms with Gasteiger partial charge in [-0.25, -0.2) is 9.18 Å². The summed E-state index contributed by atoms with van der Waals surface area (Å²) in [5, 5.41) is 23.3. The van der Waals surface area contributed by atoms with Crippen LogP contribution in [-0.4, -0.2) is 27.9 Å². The van der Waals surface area contributed by atoms with Crippen molar-refractivity contribution in [2.75, 3.05) is 0 Å². The van der Waals surface area contributed by atoms with Crippen LogP contribution in [0.2, 0.25) is 0 Å². The minimum absolute atomic E-state index is 0.0221. The number of rotatable bonds is 4. The maximum Gasteiger partial charge on any atom is 0.407 e. The largest absolute Gasteiger partial charge is 0.508 e. The van der Waals surface area contributed by atoms with Crippen molar-refractivity contribution in [1.29, 1.82) is 5.26 Å². The monoisotopic (exact) mass is 407 g/mol. The van der Waals surface area contributed by atoms with E-state index in [4.69, 9.17) is 4.74 Å². The topological polar surface area (TPSA) is 87.3 Å². The molecule has 2 N–H and O–H groups in total. The third-order valence-electron chi connectivity index (χ3n) is 5.34. The molecule has 4 rings (SSSR count). The number of fused-ring (bicyclic) bond motifs is 3. The summed E-state index contributed by atoms with van der Waals surface area (Å²) in [5.41, 5.74) is 3.97. The number of carbonyl (C=O) groups excluding carboxylic acids is 1. The van der Waals surface area contributed by atoms with E-state index >= 15 is 0 Å². The number of phenolic OH excluding ortho intramolecular Hbond substituents is 1.